The molecule has 0 amide bonds. The lowest BCUT2D eigenvalue weighted by Gasteiger charge is -2.17. The van der Waals surface area contributed by atoms with E-state index >= 15 is 0 Å². The summed E-state index contributed by atoms with van der Waals surface area (Å²) in [5.74, 6) is -5.08. The second-order valence-corrected chi connectivity index (χ2v) is 6.53. The van der Waals surface area contributed by atoms with Gasteiger partial charge in [-0.2, -0.15) is 0 Å². The number of cyclic esters (lactones) is 1. The summed E-state index contributed by atoms with van der Waals surface area (Å²) in [6, 6.07) is 1.19. The summed E-state index contributed by atoms with van der Waals surface area (Å²) in [5, 5.41) is 40.4. The topological polar surface area (TPSA) is 160 Å². The van der Waals surface area contributed by atoms with Gasteiger partial charge in [0, 0.05) is 0 Å². The minimum Gasteiger partial charge on any atom is -0.507 e. The number of ketones is 1. The number of carbonyl (C=O) groups excluding carboxylic acids is 3. The Hall–Kier alpha value is -3.63. The van der Waals surface area contributed by atoms with Gasteiger partial charge in [0.05, 0.1) is 17.7 Å². The monoisotopic (exact) mass is 402 g/mol. The smallest absolute Gasteiger partial charge is 0.347 e. The summed E-state index contributed by atoms with van der Waals surface area (Å²) in [6.45, 7) is 1.77. The van der Waals surface area contributed by atoms with Crippen LogP contribution in [-0.2, 0) is 11.3 Å². The van der Waals surface area contributed by atoms with Crippen molar-refractivity contribution in [2.75, 3.05) is 0 Å². The molecule has 29 heavy (non-hydrogen) atoms. The second kappa shape index (κ2) is 6.19. The fourth-order valence-corrected chi connectivity index (χ4v) is 3.49. The predicted molar refractivity (Wildman–Crippen MR) is 92.3 cm³/mol. The predicted octanol–water partition coefficient (Wildman–Crippen LogP) is 1.59. The molecule has 10 heteroatoms. The minimum atomic E-state index is -1.86. The van der Waals surface area contributed by atoms with E-state index < -0.39 is 59.2 Å². The number of Topliss-reactive ketones (excluding diaryl/α,β-unsaturated/α-hetero) is 1. The molecule has 2 aliphatic heterocycles. The van der Waals surface area contributed by atoms with Crippen LogP contribution >= 0.6 is 0 Å². The zero-order valence-corrected chi connectivity index (χ0v) is 15.1. The number of esters is 2. The van der Waals surface area contributed by atoms with Crippen LogP contribution in [0.2, 0.25) is 0 Å². The molecule has 0 fully saturated rings. The van der Waals surface area contributed by atoms with Crippen molar-refractivity contribution in [3.63, 3.8) is 0 Å². The van der Waals surface area contributed by atoms with E-state index in [4.69, 9.17) is 14.2 Å². The molecule has 2 aromatic rings. The number of carbonyl (C=O) groups is 3. The molecule has 0 saturated carbocycles. The molecule has 2 aromatic carbocycles. The average molecular weight is 402 g/mol. The molecular formula is C19H14O10. The third-order valence-electron chi connectivity index (χ3n) is 4.76. The first-order valence-electron chi connectivity index (χ1n) is 8.36. The molecule has 0 aromatic heterocycles. The van der Waals surface area contributed by atoms with Crippen LogP contribution in [0.25, 0.3) is 0 Å². The Bertz CT molecular complexity index is 1130. The van der Waals surface area contributed by atoms with Crippen molar-refractivity contribution in [1.29, 1.82) is 0 Å². The molecule has 150 valence electrons. The number of hydrogen-bond donors (Lipinski definition) is 4. The molecule has 1 unspecified atom stereocenters. The molecule has 0 saturated heterocycles. The van der Waals surface area contributed by atoms with Crippen molar-refractivity contribution >= 4 is 17.7 Å². The third kappa shape index (κ3) is 2.46. The number of aliphatic hydroxyl groups is 2. The highest BCUT2D eigenvalue weighted by Gasteiger charge is 2.43. The maximum Gasteiger partial charge on any atom is 0.347 e. The number of aryl methyl sites for hydroxylation is 1. The van der Waals surface area contributed by atoms with Crippen LogP contribution in [0.4, 0.5) is 0 Å². The molecule has 2 heterocycles. The van der Waals surface area contributed by atoms with E-state index in [0.29, 0.717) is 0 Å². The van der Waals surface area contributed by atoms with Crippen LogP contribution in [0.5, 0.6) is 28.7 Å². The van der Waals surface area contributed by atoms with Gasteiger partial charge in [-0.3, -0.25) is 4.79 Å². The van der Waals surface area contributed by atoms with Gasteiger partial charge in [-0.25, -0.2) is 9.59 Å². The molecule has 4 N–H and O–H groups in total. The number of fused-ring (bicyclic) bond motifs is 4. The van der Waals surface area contributed by atoms with E-state index in [1.165, 1.54) is 13.0 Å². The summed E-state index contributed by atoms with van der Waals surface area (Å²) in [6.07, 6.45) is -1.86. The van der Waals surface area contributed by atoms with Crippen molar-refractivity contribution in [2.24, 2.45) is 0 Å². The van der Waals surface area contributed by atoms with Crippen LogP contribution in [0.15, 0.2) is 6.07 Å². The SMILES string of the molecule is CC(=O)c1c(O)cc(C)c2c1Oc1c(c(CO)c(O)c3c1C(O)OC3=O)OC2=O. The van der Waals surface area contributed by atoms with Gasteiger partial charge in [-0.1, -0.05) is 0 Å². The maximum atomic E-state index is 12.8. The Morgan fingerprint density at radius 3 is 2.38 bits per heavy atom. The Morgan fingerprint density at radius 2 is 1.76 bits per heavy atom. The van der Waals surface area contributed by atoms with E-state index in [2.05, 4.69) is 0 Å². The lowest BCUT2D eigenvalue weighted by molar-refractivity contribution is -0.0555. The Labute approximate surface area is 162 Å². The van der Waals surface area contributed by atoms with Crippen molar-refractivity contribution in [3.8, 4) is 28.7 Å². The van der Waals surface area contributed by atoms with Crippen molar-refractivity contribution in [3.05, 3.63) is 39.4 Å². The summed E-state index contributed by atoms with van der Waals surface area (Å²) in [4.78, 5) is 36.9. The first kappa shape index (κ1) is 18.7. The molecule has 0 radical (unpaired) electrons. The molecule has 2 aliphatic rings. The van der Waals surface area contributed by atoms with Gasteiger partial charge in [0.15, 0.2) is 23.0 Å². The number of ether oxygens (including phenoxy) is 3. The van der Waals surface area contributed by atoms with Crippen molar-refractivity contribution in [2.45, 2.75) is 26.7 Å². The van der Waals surface area contributed by atoms with Crippen molar-refractivity contribution < 1.29 is 49.0 Å². The molecule has 10 nitrogen and oxygen atoms in total. The van der Waals surface area contributed by atoms with Crippen molar-refractivity contribution in [1.82, 2.24) is 0 Å². The van der Waals surface area contributed by atoms with Crippen LogP contribution in [0.1, 0.15) is 61.0 Å². The molecule has 1 atom stereocenters. The average Bonchev–Trinajstić information content (AvgIpc) is 2.82. The Morgan fingerprint density at radius 1 is 1.07 bits per heavy atom. The van der Waals surface area contributed by atoms with Gasteiger partial charge in [-0.05, 0) is 25.5 Å². The van der Waals surface area contributed by atoms with E-state index in [1.807, 2.05) is 0 Å². The van der Waals surface area contributed by atoms with E-state index in [-0.39, 0.29) is 33.6 Å². The number of benzene rings is 2. The van der Waals surface area contributed by atoms with Crippen LogP contribution < -0.4 is 9.47 Å². The zero-order chi connectivity index (χ0) is 21.2. The number of hydrogen-bond acceptors (Lipinski definition) is 10. The highest BCUT2D eigenvalue weighted by atomic mass is 16.6. The molecule has 0 bridgehead atoms. The van der Waals surface area contributed by atoms with Gasteiger partial charge in [0.25, 0.3) is 0 Å². The Kier molecular flexibility index (Phi) is 4.00. The highest BCUT2D eigenvalue weighted by molar-refractivity contribution is 6.07. The lowest BCUT2D eigenvalue weighted by atomic mass is 9.99. The van der Waals surface area contributed by atoms with E-state index in [9.17, 15) is 34.8 Å². The Balaban J connectivity index is 2.12. The first-order valence-corrected chi connectivity index (χ1v) is 8.36. The summed E-state index contributed by atoms with van der Waals surface area (Å²) >= 11 is 0. The summed E-state index contributed by atoms with van der Waals surface area (Å²) < 4.78 is 15.7. The number of aliphatic hydroxyl groups excluding tert-OH is 2. The second-order valence-electron chi connectivity index (χ2n) is 6.53. The maximum absolute atomic E-state index is 12.8. The van der Waals surface area contributed by atoms with Gasteiger partial charge in [0.2, 0.25) is 6.29 Å². The largest absolute Gasteiger partial charge is 0.507 e. The molecule has 0 aliphatic carbocycles. The normalized spacial score (nSPS) is 16.8. The quantitative estimate of drug-likeness (QED) is 0.330. The number of aromatic hydroxyl groups is 2. The van der Waals surface area contributed by atoms with Gasteiger partial charge in [-0.15, -0.1) is 0 Å². The standard InChI is InChI=1S/C19H14O10/c1-5-3-8(22)10(6(2)21)15-9(5)17(24)28-14-7(4-20)13(23)11-12(16(14)27-15)19(26)29-18(11)25/h3,19-20,22-23,26H,4H2,1-2H3. The molecule has 0 spiro atoms. The van der Waals surface area contributed by atoms with Crippen LogP contribution in [-0.4, -0.2) is 38.1 Å². The highest BCUT2D eigenvalue weighted by Crippen LogP contribution is 2.54. The third-order valence-corrected chi connectivity index (χ3v) is 4.76. The summed E-state index contributed by atoms with van der Waals surface area (Å²) in [5.41, 5.74) is -1.43. The number of phenols is 2. The van der Waals surface area contributed by atoms with Crippen LogP contribution in [0.3, 0.4) is 0 Å². The van der Waals surface area contributed by atoms with E-state index in [0.717, 1.165) is 6.92 Å². The van der Waals surface area contributed by atoms with E-state index in [1.54, 1.807) is 0 Å². The van der Waals surface area contributed by atoms with Gasteiger partial charge >= 0.3 is 11.9 Å². The fraction of sp³-hybridized carbons (Fsp3) is 0.211. The fourth-order valence-electron chi connectivity index (χ4n) is 3.49. The lowest BCUT2D eigenvalue weighted by Crippen LogP contribution is -2.12. The molecular weight excluding hydrogens is 388 g/mol. The molecule has 4 rings (SSSR count). The summed E-state index contributed by atoms with van der Waals surface area (Å²) in [7, 11) is 0. The first-order chi connectivity index (χ1) is 13.7. The zero-order valence-electron chi connectivity index (χ0n) is 15.1. The minimum absolute atomic E-state index is 0.180. The van der Waals surface area contributed by atoms with Gasteiger partial charge in [0.1, 0.15) is 28.2 Å². The van der Waals surface area contributed by atoms with Crippen LogP contribution in [0, 0.1) is 6.92 Å². The number of rotatable bonds is 2. The number of phenolic OH excluding ortho intramolecular Hbond substituents is 1. The van der Waals surface area contributed by atoms with Gasteiger partial charge < -0.3 is 34.6 Å².